The van der Waals surface area contributed by atoms with Gasteiger partial charge in [0, 0.05) is 17.4 Å². The van der Waals surface area contributed by atoms with Gasteiger partial charge in [-0.2, -0.15) is 13.2 Å². The maximum absolute atomic E-state index is 13.9. The third kappa shape index (κ3) is 3.15. The minimum absolute atomic E-state index is 0.0961. The second kappa shape index (κ2) is 5.94. The van der Waals surface area contributed by atoms with Crippen LogP contribution < -0.4 is 0 Å². The molecule has 0 aromatic heterocycles. The van der Waals surface area contributed by atoms with Crippen molar-refractivity contribution in [3.8, 4) is 0 Å². The Hall–Kier alpha value is -2.51. The highest BCUT2D eigenvalue weighted by Gasteiger charge is 2.35. The van der Waals surface area contributed by atoms with Crippen molar-refractivity contribution in [1.29, 1.82) is 0 Å². The maximum atomic E-state index is 13.9. The van der Waals surface area contributed by atoms with Gasteiger partial charge in [-0.3, -0.25) is 9.79 Å². The van der Waals surface area contributed by atoms with E-state index in [4.69, 9.17) is 0 Å². The molecule has 0 bridgehead atoms. The van der Waals surface area contributed by atoms with Gasteiger partial charge in [0.15, 0.2) is 11.5 Å². The number of hydrogen-bond acceptors (Lipinski definition) is 4. The summed E-state index contributed by atoms with van der Waals surface area (Å²) in [6, 6.07) is 1.81. The molecule has 23 heavy (non-hydrogen) atoms. The first kappa shape index (κ1) is 16.9. The Balaban J connectivity index is 2.46. The number of carbonyl (C=O) groups is 2. The Bertz CT molecular complexity index is 735. The summed E-state index contributed by atoms with van der Waals surface area (Å²) in [5, 5.41) is 0. The first-order valence-corrected chi connectivity index (χ1v) is 6.41. The SMILES string of the molecule is COC(=O)C1=C(C)C(=O)C(c2cc(C(F)(F)F)ccc2F)C=N1. The number of ketones is 1. The summed E-state index contributed by atoms with van der Waals surface area (Å²) < 4.78 is 56.6. The molecule has 1 heterocycles. The fraction of sp³-hybridized carbons (Fsp3) is 0.267. The molecule has 0 saturated carbocycles. The zero-order valence-corrected chi connectivity index (χ0v) is 12.1. The number of halogens is 4. The molecule has 0 N–H and O–H groups in total. The molecule has 2 rings (SSSR count). The average molecular weight is 329 g/mol. The lowest BCUT2D eigenvalue weighted by molar-refractivity contribution is -0.138. The average Bonchev–Trinajstić information content (AvgIpc) is 2.49. The molecular formula is C15H11F4NO3. The predicted octanol–water partition coefficient (Wildman–Crippen LogP) is 3.03. The molecule has 1 aromatic carbocycles. The van der Waals surface area contributed by atoms with Crippen LogP contribution in [0.5, 0.6) is 0 Å². The van der Waals surface area contributed by atoms with E-state index in [1.165, 1.54) is 6.92 Å². The van der Waals surface area contributed by atoms with Crippen LogP contribution in [0, 0.1) is 5.82 Å². The number of hydrogen-bond donors (Lipinski definition) is 0. The third-order valence-corrected chi connectivity index (χ3v) is 3.40. The van der Waals surface area contributed by atoms with Crippen LogP contribution in [0.25, 0.3) is 0 Å². The Kier molecular flexibility index (Phi) is 4.35. The first-order chi connectivity index (χ1) is 10.7. The molecule has 0 fully saturated rings. The van der Waals surface area contributed by atoms with E-state index >= 15 is 0 Å². The highest BCUT2D eigenvalue weighted by Crippen LogP contribution is 2.34. The number of Topliss-reactive ketones (excluding diaryl/α,β-unsaturated/α-hetero) is 1. The summed E-state index contributed by atoms with van der Waals surface area (Å²) in [7, 11) is 1.10. The number of esters is 1. The van der Waals surface area contributed by atoms with Crippen molar-refractivity contribution in [3.05, 3.63) is 46.4 Å². The van der Waals surface area contributed by atoms with Crippen molar-refractivity contribution >= 4 is 18.0 Å². The zero-order valence-electron chi connectivity index (χ0n) is 12.1. The number of ether oxygens (including phenoxy) is 1. The number of carbonyl (C=O) groups excluding carboxylic acids is 2. The number of allylic oxidation sites excluding steroid dienone is 1. The highest BCUT2D eigenvalue weighted by atomic mass is 19.4. The van der Waals surface area contributed by atoms with Crippen molar-refractivity contribution in [2.75, 3.05) is 7.11 Å². The summed E-state index contributed by atoms with van der Waals surface area (Å²) in [5.41, 5.74) is -1.87. The third-order valence-electron chi connectivity index (χ3n) is 3.40. The lowest BCUT2D eigenvalue weighted by Gasteiger charge is -2.19. The lowest BCUT2D eigenvalue weighted by atomic mass is 9.88. The van der Waals surface area contributed by atoms with Gasteiger partial charge < -0.3 is 4.74 Å². The monoisotopic (exact) mass is 329 g/mol. The van der Waals surface area contributed by atoms with Crippen molar-refractivity contribution in [2.24, 2.45) is 4.99 Å². The summed E-state index contributed by atoms with van der Waals surface area (Å²) in [5.74, 6) is -3.85. The quantitative estimate of drug-likeness (QED) is 0.619. The summed E-state index contributed by atoms with van der Waals surface area (Å²) >= 11 is 0. The van der Waals surface area contributed by atoms with E-state index in [-0.39, 0.29) is 11.3 Å². The van der Waals surface area contributed by atoms with Crippen molar-refractivity contribution in [1.82, 2.24) is 0 Å². The smallest absolute Gasteiger partial charge is 0.416 e. The van der Waals surface area contributed by atoms with E-state index in [2.05, 4.69) is 9.73 Å². The molecule has 1 aromatic rings. The van der Waals surface area contributed by atoms with Crippen LogP contribution in [-0.4, -0.2) is 25.1 Å². The molecule has 0 spiro atoms. The molecule has 0 saturated heterocycles. The summed E-state index contributed by atoms with van der Waals surface area (Å²) in [4.78, 5) is 27.4. The van der Waals surface area contributed by atoms with E-state index in [1.807, 2.05) is 0 Å². The van der Waals surface area contributed by atoms with Crippen LogP contribution in [0.4, 0.5) is 17.6 Å². The minimum Gasteiger partial charge on any atom is -0.464 e. The molecule has 0 radical (unpaired) electrons. The van der Waals surface area contributed by atoms with Crippen LogP contribution >= 0.6 is 0 Å². The lowest BCUT2D eigenvalue weighted by Crippen LogP contribution is -2.24. The molecule has 4 nitrogen and oxygen atoms in total. The normalized spacial score (nSPS) is 18.3. The standard InChI is InChI=1S/C15H11F4NO3/c1-7-12(14(22)23-2)20-6-10(13(7)21)9-5-8(15(17,18)19)3-4-11(9)16/h3-6,10H,1-2H3. The van der Waals surface area contributed by atoms with Gasteiger partial charge in [0.25, 0.3) is 0 Å². The van der Waals surface area contributed by atoms with Crippen LogP contribution in [0.1, 0.15) is 24.0 Å². The van der Waals surface area contributed by atoms with Gasteiger partial charge in [-0.05, 0) is 25.1 Å². The van der Waals surface area contributed by atoms with Crippen LogP contribution in [0.2, 0.25) is 0 Å². The summed E-state index contributed by atoms with van der Waals surface area (Å²) in [6.07, 6.45) is -3.72. The topological polar surface area (TPSA) is 55.7 Å². The van der Waals surface area contributed by atoms with Gasteiger partial charge in [0.2, 0.25) is 0 Å². The van der Waals surface area contributed by atoms with E-state index in [0.717, 1.165) is 13.3 Å². The Morgan fingerprint density at radius 1 is 1.30 bits per heavy atom. The molecule has 1 atom stereocenters. The van der Waals surface area contributed by atoms with Gasteiger partial charge in [0.05, 0.1) is 18.6 Å². The first-order valence-electron chi connectivity index (χ1n) is 6.41. The Morgan fingerprint density at radius 3 is 2.52 bits per heavy atom. The number of nitrogens with zero attached hydrogens (tertiary/aromatic N) is 1. The number of rotatable bonds is 2. The molecule has 122 valence electrons. The Labute approximate surface area is 128 Å². The van der Waals surface area contributed by atoms with E-state index in [9.17, 15) is 27.2 Å². The van der Waals surface area contributed by atoms with Gasteiger partial charge >= 0.3 is 12.1 Å². The highest BCUT2D eigenvalue weighted by molar-refractivity contribution is 6.16. The van der Waals surface area contributed by atoms with E-state index < -0.39 is 40.8 Å². The molecule has 1 aliphatic heterocycles. The van der Waals surface area contributed by atoms with Crippen molar-refractivity contribution < 1.29 is 31.9 Å². The predicted molar refractivity (Wildman–Crippen MR) is 72.4 cm³/mol. The number of methoxy groups -OCH3 is 1. The number of alkyl halides is 3. The van der Waals surface area contributed by atoms with Crippen molar-refractivity contribution in [3.63, 3.8) is 0 Å². The number of aliphatic imine (C=N–C) groups is 1. The Morgan fingerprint density at radius 2 is 1.96 bits per heavy atom. The van der Waals surface area contributed by atoms with Crippen LogP contribution in [0.3, 0.4) is 0 Å². The van der Waals surface area contributed by atoms with Crippen LogP contribution in [0.15, 0.2) is 34.5 Å². The minimum atomic E-state index is -4.67. The zero-order chi connectivity index (χ0) is 17.4. The van der Waals surface area contributed by atoms with Gasteiger partial charge in [-0.25, -0.2) is 9.18 Å². The number of benzene rings is 1. The second-order valence-electron chi connectivity index (χ2n) is 4.82. The largest absolute Gasteiger partial charge is 0.464 e. The maximum Gasteiger partial charge on any atom is 0.416 e. The molecule has 0 aliphatic carbocycles. The van der Waals surface area contributed by atoms with Gasteiger partial charge in [-0.1, -0.05) is 0 Å². The second-order valence-corrected chi connectivity index (χ2v) is 4.82. The molecular weight excluding hydrogens is 318 g/mol. The van der Waals surface area contributed by atoms with Crippen molar-refractivity contribution in [2.45, 2.75) is 19.0 Å². The molecule has 0 amide bonds. The molecule has 1 aliphatic rings. The van der Waals surface area contributed by atoms with Gasteiger partial charge in [-0.15, -0.1) is 0 Å². The fourth-order valence-corrected chi connectivity index (χ4v) is 2.15. The fourth-order valence-electron chi connectivity index (χ4n) is 2.15. The van der Waals surface area contributed by atoms with Gasteiger partial charge in [0.1, 0.15) is 5.82 Å². The van der Waals surface area contributed by atoms with E-state index in [0.29, 0.717) is 18.2 Å². The summed E-state index contributed by atoms with van der Waals surface area (Å²) in [6.45, 7) is 1.28. The van der Waals surface area contributed by atoms with E-state index in [1.54, 1.807) is 0 Å². The molecule has 8 heteroatoms. The molecule has 1 unspecified atom stereocenters. The van der Waals surface area contributed by atoms with Crippen LogP contribution in [-0.2, 0) is 20.5 Å².